The number of carbonyl (C=O) groups is 2. The number of carboxylic acid groups (broad SMARTS) is 1. The second-order valence-corrected chi connectivity index (χ2v) is 7.53. The number of fused-ring (bicyclic) bond motifs is 1. The van der Waals surface area contributed by atoms with Gasteiger partial charge in [0, 0.05) is 12.0 Å². The Morgan fingerprint density at radius 1 is 1.12 bits per heavy atom. The normalized spacial score (nSPS) is 22.9. The minimum absolute atomic E-state index is 0.248. The fourth-order valence-electron chi connectivity index (χ4n) is 3.49. The predicted octanol–water partition coefficient (Wildman–Crippen LogP) is 3.92. The number of hydrogen-bond acceptors (Lipinski definition) is 3. The van der Waals surface area contributed by atoms with Crippen LogP contribution in [0.4, 0.5) is 4.79 Å². The molecule has 2 aromatic rings. The lowest BCUT2D eigenvalue weighted by Crippen LogP contribution is -2.54. The van der Waals surface area contributed by atoms with Crippen LogP contribution in [-0.2, 0) is 9.53 Å². The zero-order chi connectivity index (χ0) is 18.2. The Morgan fingerprint density at radius 3 is 2.48 bits per heavy atom. The van der Waals surface area contributed by atoms with E-state index >= 15 is 0 Å². The van der Waals surface area contributed by atoms with Crippen molar-refractivity contribution in [2.45, 2.75) is 44.8 Å². The molecule has 5 heteroatoms. The first kappa shape index (κ1) is 17.3. The van der Waals surface area contributed by atoms with Gasteiger partial charge in [0.2, 0.25) is 0 Å². The lowest BCUT2D eigenvalue weighted by Gasteiger charge is -2.43. The molecular formula is C20H23NO4. The van der Waals surface area contributed by atoms with E-state index in [-0.39, 0.29) is 12.0 Å². The van der Waals surface area contributed by atoms with Crippen molar-refractivity contribution in [1.29, 1.82) is 0 Å². The molecule has 2 N–H and O–H groups in total. The average molecular weight is 341 g/mol. The third-order valence-corrected chi connectivity index (χ3v) is 4.58. The molecule has 0 radical (unpaired) electrons. The molecule has 3 rings (SSSR count). The molecule has 132 valence electrons. The van der Waals surface area contributed by atoms with Crippen molar-refractivity contribution in [1.82, 2.24) is 5.32 Å². The minimum Gasteiger partial charge on any atom is -0.481 e. The highest BCUT2D eigenvalue weighted by Crippen LogP contribution is 2.45. The number of alkyl carbamates (subject to hydrolysis) is 1. The summed E-state index contributed by atoms with van der Waals surface area (Å²) in [5.41, 5.74) is 0.368. The van der Waals surface area contributed by atoms with Crippen LogP contribution >= 0.6 is 0 Å². The lowest BCUT2D eigenvalue weighted by atomic mass is 9.65. The molecule has 5 nitrogen and oxygen atoms in total. The van der Waals surface area contributed by atoms with Gasteiger partial charge in [-0.2, -0.15) is 0 Å². The van der Waals surface area contributed by atoms with Crippen LogP contribution in [0.25, 0.3) is 10.8 Å². The van der Waals surface area contributed by atoms with Crippen LogP contribution in [0, 0.1) is 5.92 Å². The number of carboxylic acids is 1. The van der Waals surface area contributed by atoms with Gasteiger partial charge < -0.3 is 15.2 Å². The molecule has 1 aliphatic rings. The fraction of sp³-hybridized carbons (Fsp3) is 0.400. The van der Waals surface area contributed by atoms with E-state index < -0.39 is 23.6 Å². The molecule has 0 saturated heterocycles. The molecule has 0 spiro atoms. The van der Waals surface area contributed by atoms with Gasteiger partial charge in [-0.05, 0) is 43.5 Å². The fourth-order valence-corrected chi connectivity index (χ4v) is 3.49. The topological polar surface area (TPSA) is 75.6 Å². The molecule has 2 aromatic carbocycles. The number of nitrogens with one attached hydrogen (secondary N) is 1. The van der Waals surface area contributed by atoms with Gasteiger partial charge in [-0.1, -0.05) is 42.5 Å². The van der Waals surface area contributed by atoms with Gasteiger partial charge in [0.25, 0.3) is 0 Å². The number of benzene rings is 2. The van der Waals surface area contributed by atoms with Gasteiger partial charge in [-0.3, -0.25) is 4.79 Å². The molecule has 1 aliphatic carbocycles. The van der Waals surface area contributed by atoms with E-state index in [2.05, 4.69) is 5.32 Å². The van der Waals surface area contributed by atoms with Crippen LogP contribution in [0.5, 0.6) is 0 Å². The average Bonchev–Trinajstić information content (AvgIpc) is 2.49. The van der Waals surface area contributed by atoms with Gasteiger partial charge in [-0.25, -0.2) is 4.79 Å². The highest BCUT2D eigenvalue weighted by molar-refractivity contribution is 5.87. The van der Waals surface area contributed by atoms with Crippen LogP contribution < -0.4 is 5.32 Å². The molecule has 25 heavy (non-hydrogen) atoms. The van der Waals surface area contributed by atoms with Crippen molar-refractivity contribution in [3.8, 4) is 0 Å². The monoisotopic (exact) mass is 341 g/mol. The Morgan fingerprint density at radius 2 is 1.80 bits per heavy atom. The van der Waals surface area contributed by atoms with Crippen molar-refractivity contribution >= 4 is 22.8 Å². The summed E-state index contributed by atoms with van der Waals surface area (Å²) in [6.07, 6.45) is -0.103. The van der Waals surface area contributed by atoms with E-state index in [1.807, 2.05) is 42.5 Å². The maximum absolute atomic E-state index is 12.1. The molecule has 0 aromatic heterocycles. The summed E-state index contributed by atoms with van der Waals surface area (Å²) in [7, 11) is 0. The Balaban J connectivity index is 1.89. The van der Waals surface area contributed by atoms with Crippen LogP contribution in [0.15, 0.2) is 42.5 Å². The Kier molecular flexibility index (Phi) is 4.41. The SMILES string of the molecule is CC(C)(C)OC(=O)NC1CC(C(=O)O)C1c1cccc2ccccc12. The van der Waals surface area contributed by atoms with E-state index in [4.69, 9.17) is 4.74 Å². The van der Waals surface area contributed by atoms with E-state index in [1.54, 1.807) is 20.8 Å². The number of amides is 1. The summed E-state index contributed by atoms with van der Waals surface area (Å²) in [6.45, 7) is 5.40. The largest absolute Gasteiger partial charge is 0.481 e. The Hall–Kier alpha value is -2.56. The smallest absolute Gasteiger partial charge is 0.407 e. The third-order valence-electron chi connectivity index (χ3n) is 4.58. The summed E-state index contributed by atoms with van der Waals surface area (Å²) in [4.78, 5) is 23.7. The molecule has 0 bridgehead atoms. The number of hydrogen-bond donors (Lipinski definition) is 2. The minimum atomic E-state index is -0.833. The number of aliphatic carboxylic acids is 1. The lowest BCUT2D eigenvalue weighted by molar-refractivity contribution is -0.146. The Bertz CT molecular complexity index is 803. The standard InChI is InChI=1S/C20H23NO4/c1-20(2,3)25-19(24)21-16-11-15(18(22)23)17(16)14-10-6-8-12-7-4-5-9-13(12)14/h4-10,15-17H,11H2,1-3H3,(H,21,24)(H,22,23). The van der Waals surface area contributed by atoms with E-state index in [0.29, 0.717) is 6.42 Å². The van der Waals surface area contributed by atoms with Crippen LogP contribution in [0.2, 0.25) is 0 Å². The van der Waals surface area contributed by atoms with Gasteiger partial charge in [-0.15, -0.1) is 0 Å². The number of carbonyl (C=O) groups excluding carboxylic acids is 1. The van der Waals surface area contributed by atoms with Gasteiger partial charge in [0.15, 0.2) is 0 Å². The number of ether oxygens (including phenoxy) is 1. The molecule has 3 atom stereocenters. The first-order valence-corrected chi connectivity index (χ1v) is 8.46. The first-order valence-electron chi connectivity index (χ1n) is 8.46. The van der Waals surface area contributed by atoms with E-state index in [9.17, 15) is 14.7 Å². The predicted molar refractivity (Wildman–Crippen MR) is 95.6 cm³/mol. The third kappa shape index (κ3) is 3.60. The highest BCUT2D eigenvalue weighted by atomic mass is 16.6. The summed E-state index contributed by atoms with van der Waals surface area (Å²) in [6, 6.07) is 13.5. The summed E-state index contributed by atoms with van der Waals surface area (Å²) in [5, 5.41) is 14.5. The van der Waals surface area contributed by atoms with Crippen molar-refractivity contribution in [2.75, 3.05) is 0 Å². The molecule has 1 saturated carbocycles. The maximum atomic E-state index is 12.1. The van der Waals surface area contributed by atoms with Crippen molar-refractivity contribution in [3.63, 3.8) is 0 Å². The van der Waals surface area contributed by atoms with Crippen molar-refractivity contribution in [2.24, 2.45) is 5.92 Å². The molecule has 0 heterocycles. The number of rotatable bonds is 3. The maximum Gasteiger partial charge on any atom is 0.407 e. The van der Waals surface area contributed by atoms with Crippen LogP contribution in [0.1, 0.15) is 38.7 Å². The highest BCUT2D eigenvalue weighted by Gasteiger charge is 2.47. The van der Waals surface area contributed by atoms with Crippen molar-refractivity contribution in [3.05, 3.63) is 48.0 Å². The van der Waals surface area contributed by atoms with Crippen LogP contribution in [0.3, 0.4) is 0 Å². The van der Waals surface area contributed by atoms with E-state index in [1.165, 1.54) is 0 Å². The summed E-state index contributed by atoms with van der Waals surface area (Å²) >= 11 is 0. The zero-order valence-electron chi connectivity index (χ0n) is 14.7. The van der Waals surface area contributed by atoms with Gasteiger partial charge >= 0.3 is 12.1 Å². The van der Waals surface area contributed by atoms with E-state index in [0.717, 1.165) is 16.3 Å². The zero-order valence-corrected chi connectivity index (χ0v) is 14.7. The molecule has 0 aliphatic heterocycles. The first-order chi connectivity index (χ1) is 11.8. The molecular weight excluding hydrogens is 318 g/mol. The summed E-state index contributed by atoms with van der Waals surface area (Å²) in [5.74, 6) is -1.61. The second-order valence-electron chi connectivity index (χ2n) is 7.53. The molecule has 1 fully saturated rings. The molecule has 1 amide bonds. The van der Waals surface area contributed by atoms with Crippen LogP contribution in [-0.4, -0.2) is 28.8 Å². The van der Waals surface area contributed by atoms with Crippen molar-refractivity contribution < 1.29 is 19.4 Å². The molecule has 3 unspecified atom stereocenters. The Labute approximate surface area is 147 Å². The van der Waals surface area contributed by atoms with Gasteiger partial charge in [0.1, 0.15) is 5.60 Å². The van der Waals surface area contributed by atoms with Gasteiger partial charge in [0.05, 0.1) is 5.92 Å². The second kappa shape index (κ2) is 6.39. The summed E-state index contributed by atoms with van der Waals surface area (Å²) < 4.78 is 5.31. The quantitative estimate of drug-likeness (QED) is 0.887.